The molecule has 1 unspecified atom stereocenters. The van der Waals surface area contributed by atoms with E-state index in [4.69, 9.17) is 9.15 Å². The maximum atomic E-state index is 12.1. The number of amides is 1. The summed E-state index contributed by atoms with van der Waals surface area (Å²) in [6.07, 6.45) is 1.43. The van der Waals surface area contributed by atoms with Crippen molar-refractivity contribution in [1.29, 1.82) is 5.26 Å². The van der Waals surface area contributed by atoms with Crippen molar-refractivity contribution < 1.29 is 13.9 Å². The van der Waals surface area contributed by atoms with Gasteiger partial charge in [-0.15, -0.1) is 0 Å². The Hall–Kier alpha value is -2.36. The zero-order valence-corrected chi connectivity index (χ0v) is 15.0. The average Bonchev–Trinajstić information content (AvgIpc) is 3.01. The van der Waals surface area contributed by atoms with Crippen molar-refractivity contribution in [2.24, 2.45) is 0 Å². The van der Waals surface area contributed by atoms with Crippen molar-refractivity contribution in [2.75, 3.05) is 13.7 Å². The quantitative estimate of drug-likeness (QED) is 0.603. The number of benzene rings is 1. The molecule has 2 rings (SSSR count). The zero-order chi connectivity index (χ0) is 17.5. The molecule has 0 saturated carbocycles. The summed E-state index contributed by atoms with van der Waals surface area (Å²) in [6.45, 7) is 2.17. The molecule has 1 heterocycles. The molecule has 1 N–H and O–H groups in total. The molecular formula is C18H17BrN2O3. The highest BCUT2D eigenvalue weighted by Crippen LogP contribution is 2.29. The fourth-order valence-electron chi connectivity index (χ4n) is 2.12. The van der Waals surface area contributed by atoms with Gasteiger partial charge in [-0.1, -0.05) is 34.1 Å². The lowest BCUT2D eigenvalue weighted by atomic mass is 10.2. The summed E-state index contributed by atoms with van der Waals surface area (Å²) in [5, 5.41) is 11.9. The molecule has 1 amide bonds. The summed E-state index contributed by atoms with van der Waals surface area (Å²) in [5.41, 5.74) is 0.875. The molecule has 0 radical (unpaired) electrons. The SMILES string of the molecule is COCC(C)NC(=O)C(C#N)=Cc1ccc(-c2ccccc2Br)o1. The molecule has 2 aromatic rings. The number of nitrogens with one attached hydrogen (secondary N) is 1. The van der Waals surface area contributed by atoms with E-state index in [-0.39, 0.29) is 11.6 Å². The number of carbonyl (C=O) groups excluding carboxylic acids is 1. The summed E-state index contributed by atoms with van der Waals surface area (Å²) < 4.78 is 11.6. The Labute approximate surface area is 149 Å². The van der Waals surface area contributed by atoms with Crippen LogP contribution in [0.2, 0.25) is 0 Å². The van der Waals surface area contributed by atoms with Gasteiger partial charge in [-0.05, 0) is 25.1 Å². The van der Waals surface area contributed by atoms with Crippen LogP contribution in [0.5, 0.6) is 0 Å². The smallest absolute Gasteiger partial charge is 0.262 e. The number of halogens is 1. The molecule has 0 saturated heterocycles. The number of hydrogen-bond acceptors (Lipinski definition) is 4. The van der Waals surface area contributed by atoms with Crippen molar-refractivity contribution in [1.82, 2.24) is 5.32 Å². The first-order valence-corrected chi connectivity index (χ1v) is 8.10. The van der Waals surface area contributed by atoms with Crippen molar-refractivity contribution in [3.8, 4) is 17.4 Å². The van der Waals surface area contributed by atoms with E-state index < -0.39 is 5.91 Å². The largest absolute Gasteiger partial charge is 0.457 e. The standard InChI is InChI=1S/C18H17BrN2O3/c1-12(11-23-2)21-18(22)13(10-20)9-14-7-8-17(24-14)15-5-3-4-6-16(15)19/h3-9,12H,11H2,1-2H3,(H,21,22). The van der Waals surface area contributed by atoms with E-state index in [1.807, 2.05) is 30.3 Å². The molecule has 0 aliphatic rings. The van der Waals surface area contributed by atoms with Gasteiger partial charge in [0.25, 0.3) is 5.91 Å². The molecule has 0 aliphatic carbocycles. The summed E-state index contributed by atoms with van der Waals surface area (Å²) in [6, 6.07) is 12.9. The number of rotatable bonds is 6. The molecule has 1 aromatic carbocycles. The van der Waals surface area contributed by atoms with Crippen molar-refractivity contribution in [2.45, 2.75) is 13.0 Å². The number of carbonyl (C=O) groups is 1. The lowest BCUT2D eigenvalue weighted by molar-refractivity contribution is -0.117. The molecule has 5 nitrogen and oxygen atoms in total. The number of nitriles is 1. The number of methoxy groups -OCH3 is 1. The molecule has 0 fully saturated rings. The lowest BCUT2D eigenvalue weighted by Gasteiger charge is -2.11. The molecule has 0 bridgehead atoms. The minimum atomic E-state index is -0.458. The van der Waals surface area contributed by atoms with Crippen molar-refractivity contribution >= 4 is 27.9 Å². The monoisotopic (exact) mass is 388 g/mol. The van der Waals surface area contributed by atoms with E-state index in [0.717, 1.165) is 10.0 Å². The van der Waals surface area contributed by atoms with Gasteiger partial charge in [0.1, 0.15) is 23.2 Å². The molecule has 0 spiro atoms. The van der Waals surface area contributed by atoms with Crippen molar-refractivity contribution in [3.05, 3.63) is 52.2 Å². The summed E-state index contributed by atoms with van der Waals surface area (Å²) in [7, 11) is 1.55. The summed E-state index contributed by atoms with van der Waals surface area (Å²) in [4.78, 5) is 12.1. The maximum absolute atomic E-state index is 12.1. The van der Waals surface area contributed by atoms with E-state index in [0.29, 0.717) is 18.1 Å². The van der Waals surface area contributed by atoms with Crippen LogP contribution < -0.4 is 5.32 Å². The number of ether oxygens (including phenoxy) is 1. The van der Waals surface area contributed by atoms with Crippen LogP contribution in [0.3, 0.4) is 0 Å². The first kappa shape index (κ1) is 18.0. The van der Waals surface area contributed by atoms with Crippen LogP contribution in [0.15, 0.2) is 50.9 Å². The van der Waals surface area contributed by atoms with Gasteiger partial charge in [0.15, 0.2) is 0 Å². The lowest BCUT2D eigenvalue weighted by Crippen LogP contribution is -2.36. The van der Waals surface area contributed by atoms with Crippen LogP contribution >= 0.6 is 15.9 Å². The van der Waals surface area contributed by atoms with Crippen LogP contribution in [-0.4, -0.2) is 25.7 Å². The molecule has 6 heteroatoms. The van der Waals surface area contributed by atoms with E-state index in [9.17, 15) is 10.1 Å². The highest BCUT2D eigenvalue weighted by Gasteiger charge is 2.14. The highest BCUT2D eigenvalue weighted by molar-refractivity contribution is 9.10. The van der Waals surface area contributed by atoms with Gasteiger partial charge < -0.3 is 14.5 Å². The van der Waals surface area contributed by atoms with Gasteiger partial charge in [0.05, 0.1) is 6.61 Å². The minimum absolute atomic E-state index is 0.0222. The average molecular weight is 389 g/mol. The van der Waals surface area contributed by atoms with Gasteiger partial charge in [0, 0.05) is 29.3 Å². The van der Waals surface area contributed by atoms with Gasteiger partial charge in [0.2, 0.25) is 0 Å². The molecule has 1 atom stereocenters. The van der Waals surface area contributed by atoms with Crippen LogP contribution in [0.1, 0.15) is 12.7 Å². The fraction of sp³-hybridized carbons (Fsp3) is 0.222. The summed E-state index contributed by atoms with van der Waals surface area (Å²) in [5.74, 6) is 0.631. The van der Waals surface area contributed by atoms with Gasteiger partial charge in [-0.25, -0.2) is 0 Å². The van der Waals surface area contributed by atoms with Crippen LogP contribution in [0.25, 0.3) is 17.4 Å². The second-order valence-corrected chi connectivity index (χ2v) is 6.04. The Kier molecular flexibility index (Phi) is 6.36. The molecule has 124 valence electrons. The Morgan fingerprint density at radius 2 is 2.17 bits per heavy atom. The molecule has 0 aliphatic heterocycles. The molecular weight excluding hydrogens is 372 g/mol. The normalized spacial score (nSPS) is 12.5. The first-order valence-electron chi connectivity index (χ1n) is 7.31. The predicted octanol–water partition coefficient (Wildman–Crippen LogP) is 3.77. The maximum Gasteiger partial charge on any atom is 0.262 e. The highest BCUT2D eigenvalue weighted by atomic mass is 79.9. The van der Waals surface area contributed by atoms with Crippen molar-refractivity contribution in [3.63, 3.8) is 0 Å². The van der Waals surface area contributed by atoms with Crippen LogP contribution in [0.4, 0.5) is 0 Å². The Bertz CT molecular complexity index is 790. The molecule has 24 heavy (non-hydrogen) atoms. The van der Waals surface area contributed by atoms with E-state index in [1.165, 1.54) is 6.08 Å². The first-order chi connectivity index (χ1) is 11.5. The fourth-order valence-corrected chi connectivity index (χ4v) is 2.60. The topological polar surface area (TPSA) is 75.3 Å². The number of furan rings is 1. The third-order valence-corrected chi connectivity index (χ3v) is 3.90. The minimum Gasteiger partial charge on any atom is -0.457 e. The predicted molar refractivity (Wildman–Crippen MR) is 94.9 cm³/mol. The molecule has 1 aromatic heterocycles. The summed E-state index contributed by atoms with van der Waals surface area (Å²) >= 11 is 3.47. The Morgan fingerprint density at radius 1 is 1.42 bits per heavy atom. The van der Waals surface area contributed by atoms with E-state index in [2.05, 4.69) is 21.2 Å². The van der Waals surface area contributed by atoms with Gasteiger partial charge in [-0.3, -0.25) is 4.79 Å². The zero-order valence-electron chi connectivity index (χ0n) is 13.4. The van der Waals surface area contributed by atoms with Crippen LogP contribution in [0, 0.1) is 11.3 Å². The second kappa shape index (κ2) is 8.48. The Balaban J connectivity index is 2.19. The van der Waals surface area contributed by atoms with E-state index in [1.54, 1.807) is 26.2 Å². The van der Waals surface area contributed by atoms with Gasteiger partial charge >= 0.3 is 0 Å². The second-order valence-electron chi connectivity index (χ2n) is 5.18. The Morgan fingerprint density at radius 3 is 2.83 bits per heavy atom. The van der Waals surface area contributed by atoms with Crippen LogP contribution in [-0.2, 0) is 9.53 Å². The third-order valence-electron chi connectivity index (χ3n) is 3.21. The number of hydrogen-bond donors (Lipinski definition) is 1. The third kappa shape index (κ3) is 4.57. The van der Waals surface area contributed by atoms with E-state index >= 15 is 0 Å². The number of nitrogens with zero attached hydrogens (tertiary/aromatic N) is 1. The van der Waals surface area contributed by atoms with Gasteiger partial charge in [-0.2, -0.15) is 5.26 Å².